The summed E-state index contributed by atoms with van der Waals surface area (Å²) in [5.41, 5.74) is 15.2. The van der Waals surface area contributed by atoms with E-state index in [1.165, 1.54) is 88.8 Å². The van der Waals surface area contributed by atoms with Crippen LogP contribution in [0.25, 0.3) is 66.1 Å². The van der Waals surface area contributed by atoms with Gasteiger partial charge in [0, 0.05) is 58.7 Å². The van der Waals surface area contributed by atoms with Crippen LogP contribution in [0, 0.1) is 0 Å². The second-order valence-corrected chi connectivity index (χ2v) is 11.5. The third kappa shape index (κ3) is 3.21. The third-order valence-electron chi connectivity index (χ3n) is 9.33. The lowest BCUT2D eigenvalue weighted by Gasteiger charge is -2.36. The van der Waals surface area contributed by atoms with Gasteiger partial charge in [-0.2, -0.15) is 0 Å². The minimum absolute atomic E-state index is 1.24. The molecule has 0 fully saturated rings. The Balaban J connectivity index is 1.22. The molecule has 0 N–H and O–H groups in total. The van der Waals surface area contributed by atoms with E-state index >= 15 is 0 Å². The molecule has 0 spiro atoms. The van der Waals surface area contributed by atoms with Gasteiger partial charge in [-0.3, -0.25) is 0 Å². The van der Waals surface area contributed by atoms with Crippen molar-refractivity contribution in [1.82, 2.24) is 0 Å². The molecule has 0 radical (unpaired) electrons. The molecule has 0 bridgehead atoms. The summed E-state index contributed by atoms with van der Waals surface area (Å²) in [5.74, 6) is 0. The lowest BCUT2D eigenvalue weighted by atomic mass is 9.83. The molecular weight excluding hydrogens is 508 g/mol. The van der Waals surface area contributed by atoms with Gasteiger partial charge in [0.05, 0.1) is 0 Å². The molecule has 2 aliphatic rings. The van der Waals surface area contributed by atoms with Crippen LogP contribution in [0.4, 0.5) is 22.7 Å². The third-order valence-corrected chi connectivity index (χ3v) is 9.33. The molecule has 0 amide bonds. The standard InChI is InChI=1S/C40H28N2/c1-41-35-20-21-36-40-34(19-18-33(39(35)40)31-16-14-29(23-37(31)41)25-8-4-3-5-9-25)32-17-15-30(24-38(32)42(36)2)28-13-12-26-10-6-7-11-27(26)22-28/h3-24H,1-2H3. The summed E-state index contributed by atoms with van der Waals surface area (Å²) in [5, 5.41) is 5.21. The summed E-state index contributed by atoms with van der Waals surface area (Å²) in [6.07, 6.45) is 0. The first-order valence-electron chi connectivity index (χ1n) is 14.6. The van der Waals surface area contributed by atoms with Gasteiger partial charge in [0.25, 0.3) is 0 Å². The van der Waals surface area contributed by atoms with Crippen LogP contribution in [-0.4, -0.2) is 14.1 Å². The van der Waals surface area contributed by atoms with Crippen molar-refractivity contribution in [2.45, 2.75) is 0 Å². The van der Waals surface area contributed by atoms with Gasteiger partial charge in [0.2, 0.25) is 0 Å². The van der Waals surface area contributed by atoms with Crippen molar-refractivity contribution >= 4 is 44.3 Å². The Labute approximate surface area is 245 Å². The molecule has 9 rings (SSSR count). The van der Waals surface area contributed by atoms with Crippen molar-refractivity contribution in [3.8, 4) is 44.5 Å². The zero-order chi connectivity index (χ0) is 27.9. The largest absolute Gasteiger partial charge is 0.344 e. The van der Waals surface area contributed by atoms with Crippen molar-refractivity contribution in [1.29, 1.82) is 0 Å². The van der Waals surface area contributed by atoms with Gasteiger partial charge in [-0.15, -0.1) is 0 Å². The molecule has 0 aliphatic carbocycles. The molecule has 0 aromatic heterocycles. The van der Waals surface area contributed by atoms with Crippen LogP contribution < -0.4 is 9.80 Å². The van der Waals surface area contributed by atoms with Crippen LogP contribution in [0.15, 0.2) is 133 Å². The molecule has 2 nitrogen and oxygen atoms in total. The van der Waals surface area contributed by atoms with Gasteiger partial charge in [-0.05, 0) is 74.5 Å². The molecule has 0 saturated heterocycles. The van der Waals surface area contributed by atoms with Gasteiger partial charge < -0.3 is 9.80 Å². The maximum Gasteiger partial charge on any atom is 0.0496 e. The molecule has 0 atom stereocenters. The van der Waals surface area contributed by atoms with Gasteiger partial charge in [0.15, 0.2) is 0 Å². The lowest BCUT2D eigenvalue weighted by molar-refractivity contribution is 1.19. The van der Waals surface area contributed by atoms with Crippen molar-refractivity contribution in [2.24, 2.45) is 0 Å². The maximum atomic E-state index is 2.38. The fraction of sp³-hybridized carbons (Fsp3) is 0.0500. The van der Waals surface area contributed by atoms with Crippen LogP contribution in [-0.2, 0) is 0 Å². The van der Waals surface area contributed by atoms with Crippen molar-refractivity contribution in [2.75, 3.05) is 23.9 Å². The first-order chi connectivity index (χ1) is 20.7. The van der Waals surface area contributed by atoms with Crippen molar-refractivity contribution in [3.63, 3.8) is 0 Å². The van der Waals surface area contributed by atoms with Gasteiger partial charge in [-0.25, -0.2) is 0 Å². The van der Waals surface area contributed by atoms with E-state index < -0.39 is 0 Å². The van der Waals surface area contributed by atoms with Crippen LogP contribution in [0.2, 0.25) is 0 Å². The summed E-state index contributed by atoms with van der Waals surface area (Å²) in [4.78, 5) is 4.75. The van der Waals surface area contributed by atoms with E-state index in [4.69, 9.17) is 0 Å². The molecule has 7 aromatic rings. The smallest absolute Gasteiger partial charge is 0.0496 e. The van der Waals surface area contributed by atoms with Gasteiger partial charge >= 0.3 is 0 Å². The van der Waals surface area contributed by atoms with Crippen LogP contribution in [0.3, 0.4) is 0 Å². The van der Waals surface area contributed by atoms with E-state index in [0.29, 0.717) is 0 Å². The van der Waals surface area contributed by atoms with Gasteiger partial charge in [0.1, 0.15) is 0 Å². The Morgan fingerprint density at radius 3 is 1.43 bits per heavy atom. The lowest BCUT2D eigenvalue weighted by Crippen LogP contribution is -2.19. The number of nitrogens with zero attached hydrogens (tertiary/aromatic N) is 2. The summed E-state index contributed by atoms with van der Waals surface area (Å²) in [6, 6.07) is 49.1. The second kappa shape index (κ2) is 8.58. The number of hydrogen-bond donors (Lipinski definition) is 0. The zero-order valence-corrected chi connectivity index (χ0v) is 23.6. The van der Waals surface area contributed by atoms with E-state index in [9.17, 15) is 0 Å². The predicted molar refractivity (Wildman–Crippen MR) is 179 cm³/mol. The first-order valence-corrected chi connectivity index (χ1v) is 14.6. The number of anilines is 4. The average molecular weight is 537 g/mol. The number of benzene rings is 7. The zero-order valence-electron chi connectivity index (χ0n) is 23.6. The first kappa shape index (κ1) is 23.4. The topological polar surface area (TPSA) is 6.48 Å². The van der Waals surface area contributed by atoms with E-state index in [1.807, 2.05) is 0 Å². The molecule has 198 valence electrons. The Kier molecular flexibility index (Phi) is 4.77. The Hall–Kier alpha value is -5.34. The summed E-state index contributed by atoms with van der Waals surface area (Å²) < 4.78 is 0. The highest BCUT2D eigenvalue weighted by molar-refractivity contribution is 6.22. The number of rotatable bonds is 2. The van der Waals surface area contributed by atoms with E-state index in [1.54, 1.807) is 0 Å². The molecule has 2 heterocycles. The average Bonchev–Trinajstić information content (AvgIpc) is 3.06. The highest BCUT2D eigenvalue weighted by Gasteiger charge is 2.30. The molecule has 2 heteroatoms. The van der Waals surface area contributed by atoms with Crippen molar-refractivity contribution in [3.05, 3.63) is 133 Å². The van der Waals surface area contributed by atoms with Crippen LogP contribution in [0.5, 0.6) is 0 Å². The second-order valence-electron chi connectivity index (χ2n) is 11.5. The normalized spacial score (nSPS) is 12.9. The minimum atomic E-state index is 1.24. The molecule has 0 unspecified atom stereocenters. The Morgan fingerprint density at radius 2 is 0.810 bits per heavy atom. The van der Waals surface area contributed by atoms with Crippen molar-refractivity contribution < 1.29 is 0 Å². The predicted octanol–water partition coefficient (Wildman–Crippen LogP) is 10.8. The molecule has 42 heavy (non-hydrogen) atoms. The Morgan fingerprint density at radius 1 is 0.333 bits per heavy atom. The maximum absolute atomic E-state index is 2.38. The molecular formula is C40H28N2. The SMILES string of the molecule is CN1c2cc(-c3ccccc3)ccc2-c2ccc3c4c(ccc1c24)N(C)c1cc(-c2ccc4ccccc4c2)ccc1-3. The van der Waals surface area contributed by atoms with Gasteiger partial charge in [-0.1, -0.05) is 103 Å². The highest BCUT2D eigenvalue weighted by atomic mass is 15.1. The summed E-state index contributed by atoms with van der Waals surface area (Å²) in [7, 11) is 4.42. The fourth-order valence-corrected chi connectivity index (χ4v) is 7.16. The van der Waals surface area contributed by atoms with E-state index in [-0.39, 0.29) is 0 Å². The monoisotopic (exact) mass is 536 g/mol. The number of fused-ring (bicyclic) bond motifs is 5. The molecule has 0 saturated carbocycles. The molecule has 2 aliphatic heterocycles. The quantitative estimate of drug-likeness (QED) is 0.217. The highest BCUT2D eigenvalue weighted by Crippen LogP contribution is 2.55. The number of hydrogen-bond acceptors (Lipinski definition) is 2. The minimum Gasteiger partial charge on any atom is -0.344 e. The summed E-state index contributed by atoms with van der Waals surface area (Å²) >= 11 is 0. The van der Waals surface area contributed by atoms with E-state index in [0.717, 1.165) is 0 Å². The molecule has 7 aromatic carbocycles. The fourth-order valence-electron chi connectivity index (χ4n) is 7.16. The van der Waals surface area contributed by atoms with E-state index in [2.05, 4.69) is 157 Å². The summed E-state index contributed by atoms with van der Waals surface area (Å²) in [6.45, 7) is 0. The van der Waals surface area contributed by atoms with Crippen LogP contribution >= 0.6 is 0 Å². The Bertz CT molecular complexity index is 2230. The van der Waals surface area contributed by atoms with Crippen LogP contribution in [0.1, 0.15) is 0 Å².